The molecule has 0 heterocycles. The molecule has 1 aromatic carbocycles. The summed E-state index contributed by atoms with van der Waals surface area (Å²) < 4.78 is 15.7. The Morgan fingerprint density at radius 1 is 1.29 bits per heavy atom. The lowest BCUT2D eigenvalue weighted by molar-refractivity contribution is 0.561. The molecule has 0 aliphatic heterocycles. The molecular formula is C13H16N2OS. The van der Waals surface area contributed by atoms with E-state index in [1.165, 1.54) is 0 Å². The normalized spacial score (nSPS) is 14.2. The minimum atomic E-state index is -1.25. The lowest BCUT2D eigenvalue weighted by Gasteiger charge is -2.18. The second-order valence-corrected chi connectivity index (χ2v) is 6.63. The second-order valence-electron chi connectivity index (χ2n) is 4.73. The molecule has 0 aliphatic rings. The smallest absolute Gasteiger partial charge is 0.144 e. The van der Waals surface area contributed by atoms with Crippen LogP contribution in [0.4, 0.5) is 0 Å². The summed E-state index contributed by atoms with van der Waals surface area (Å²) in [6.45, 7) is 7.49. The molecule has 17 heavy (non-hydrogen) atoms. The Labute approximate surface area is 106 Å². The molecule has 3 nitrogen and oxygen atoms in total. The van der Waals surface area contributed by atoms with Crippen LogP contribution in [0.15, 0.2) is 28.7 Å². The molecule has 0 aromatic heterocycles. The molecule has 1 rings (SSSR count). The van der Waals surface area contributed by atoms with E-state index in [0.29, 0.717) is 5.56 Å². The Kier molecular flexibility index (Phi) is 4.33. The van der Waals surface area contributed by atoms with Gasteiger partial charge in [-0.3, -0.25) is 0 Å². The van der Waals surface area contributed by atoms with Crippen LogP contribution in [-0.4, -0.2) is 15.0 Å². The van der Waals surface area contributed by atoms with Crippen molar-refractivity contribution in [1.82, 2.24) is 0 Å². The first-order valence-electron chi connectivity index (χ1n) is 5.32. The van der Waals surface area contributed by atoms with Gasteiger partial charge in [-0.15, -0.1) is 0 Å². The van der Waals surface area contributed by atoms with Gasteiger partial charge >= 0.3 is 0 Å². The minimum absolute atomic E-state index is 0.353. The first-order chi connectivity index (χ1) is 7.84. The van der Waals surface area contributed by atoms with Gasteiger partial charge in [0.2, 0.25) is 0 Å². The molecule has 0 aliphatic carbocycles. The maximum Gasteiger partial charge on any atom is 0.144 e. The van der Waals surface area contributed by atoms with Crippen molar-refractivity contribution in [1.29, 1.82) is 5.26 Å². The second kappa shape index (κ2) is 5.35. The Morgan fingerprint density at radius 2 is 1.82 bits per heavy atom. The molecule has 0 amide bonds. The summed E-state index contributed by atoms with van der Waals surface area (Å²) in [7, 11) is 0. The number of rotatable bonds is 2. The number of hydrogen-bond donors (Lipinski definition) is 0. The summed E-state index contributed by atoms with van der Waals surface area (Å²) in [5.74, 6) is 0. The molecule has 0 spiro atoms. The molecule has 0 unspecified atom stereocenters. The molecule has 90 valence electrons. The largest absolute Gasteiger partial charge is 0.591 e. The quantitative estimate of drug-likeness (QED) is 0.597. The van der Waals surface area contributed by atoms with Crippen LogP contribution in [0.1, 0.15) is 38.8 Å². The van der Waals surface area contributed by atoms with E-state index in [2.05, 4.69) is 10.5 Å². The highest BCUT2D eigenvalue weighted by Gasteiger charge is 2.26. The predicted molar refractivity (Wildman–Crippen MR) is 71.3 cm³/mol. The average Bonchev–Trinajstić information content (AvgIpc) is 2.27. The van der Waals surface area contributed by atoms with Crippen molar-refractivity contribution in [3.63, 3.8) is 0 Å². The zero-order chi connectivity index (χ0) is 13.1. The Hall–Kier alpha value is -1.31. The summed E-state index contributed by atoms with van der Waals surface area (Å²) >= 11 is -1.25. The van der Waals surface area contributed by atoms with Gasteiger partial charge in [-0.25, -0.2) is 0 Å². The maximum absolute atomic E-state index is 11.8. The molecule has 0 N–H and O–H groups in total. The molecule has 0 bridgehead atoms. The fourth-order valence-corrected chi connectivity index (χ4v) is 1.73. The van der Waals surface area contributed by atoms with E-state index >= 15 is 0 Å². The lowest BCUT2D eigenvalue weighted by Crippen LogP contribution is -2.26. The molecule has 1 atom stereocenters. The standard InChI is InChI=1S/C13H16N2OS/c1-10(15-17(16)13(2,3)4)12-7-5-11(9-14)6-8-12/h5-8H,1-4H3/b15-10-/t17-/m0/s1. The minimum Gasteiger partial charge on any atom is -0.591 e. The third kappa shape index (κ3) is 3.88. The average molecular weight is 248 g/mol. The number of hydrogen-bond acceptors (Lipinski definition) is 3. The van der Waals surface area contributed by atoms with Crippen molar-refractivity contribution in [3.05, 3.63) is 35.4 Å². The summed E-state index contributed by atoms with van der Waals surface area (Å²) in [5, 5.41) is 8.69. The van der Waals surface area contributed by atoms with Crippen molar-refractivity contribution in [3.8, 4) is 6.07 Å². The number of nitrogens with zero attached hydrogens (tertiary/aromatic N) is 2. The van der Waals surface area contributed by atoms with Gasteiger partial charge in [-0.2, -0.15) is 5.26 Å². The summed E-state index contributed by atoms with van der Waals surface area (Å²) in [4.78, 5) is 0. The predicted octanol–water partition coefficient (Wildman–Crippen LogP) is 2.83. The maximum atomic E-state index is 11.8. The lowest BCUT2D eigenvalue weighted by atomic mass is 10.1. The van der Waals surface area contributed by atoms with E-state index in [9.17, 15) is 4.55 Å². The van der Waals surface area contributed by atoms with Crippen LogP contribution in [0.3, 0.4) is 0 Å². The van der Waals surface area contributed by atoms with Crippen LogP contribution in [-0.2, 0) is 11.4 Å². The van der Waals surface area contributed by atoms with E-state index in [4.69, 9.17) is 5.26 Å². The molecule has 1 aromatic rings. The number of benzene rings is 1. The molecule has 0 radical (unpaired) electrons. The van der Waals surface area contributed by atoms with Crippen molar-refractivity contribution in [2.45, 2.75) is 32.4 Å². The van der Waals surface area contributed by atoms with Gasteiger partial charge in [0.1, 0.15) is 16.1 Å². The van der Waals surface area contributed by atoms with Gasteiger partial charge in [0, 0.05) is 5.56 Å². The van der Waals surface area contributed by atoms with Crippen LogP contribution >= 0.6 is 0 Å². The van der Waals surface area contributed by atoms with Gasteiger partial charge in [0.15, 0.2) is 0 Å². The zero-order valence-electron chi connectivity index (χ0n) is 10.5. The molecule has 0 saturated heterocycles. The highest BCUT2D eigenvalue weighted by atomic mass is 32.2. The van der Waals surface area contributed by atoms with Crippen LogP contribution in [0.5, 0.6) is 0 Å². The van der Waals surface area contributed by atoms with Crippen molar-refractivity contribution in [2.24, 2.45) is 4.40 Å². The van der Waals surface area contributed by atoms with E-state index in [1.807, 2.05) is 39.8 Å². The summed E-state index contributed by atoms with van der Waals surface area (Å²) in [6, 6.07) is 9.15. The third-order valence-corrected chi connectivity index (χ3v) is 3.66. The van der Waals surface area contributed by atoms with E-state index in [-0.39, 0.29) is 4.75 Å². The first kappa shape index (κ1) is 13.8. The van der Waals surface area contributed by atoms with E-state index in [0.717, 1.165) is 11.3 Å². The van der Waals surface area contributed by atoms with Gasteiger partial charge in [0.05, 0.1) is 17.3 Å². The SMILES string of the molecule is C/C(=N/[S@@+]([O-])C(C)(C)C)c1ccc(C#N)cc1. The van der Waals surface area contributed by atoms with Crippen LogP contribution in [0.2, 0.25) is 0 Å². The van der Waals surface area contributed by atoms with Crippen molar-refractivity contribution >= 4 is 17.1 Å². The van der Waals surface area contributed by atoms with Gasteiger partial charge in [-0.1, -0.05) is 16.5 Å². The van der Waals surface area contributed by atoms with Crippen LogP contribution in [0, 0.1) is 11.3 Å². The summed E-state index contributed by atoms with van der Waals surface area (Å²) in [5.41, 5.74) is 2.22. The van der Waals surface area contributed by atoms with Crippen LogP contribution < -0.4 is 0 Å². The Morgan fingerprint density at radius 3 is 2.24 bits per heavy atom. The van der Waals surface area contributed by atoms with Gasteiger partial charge < -0.3 is 4.55 Å². The summed E-state index contributed by atoms with van der Waals surface area (Å²) in [6.07, 6.45) is 0. The fourth-order valence-electron chi connectivity index (χ4n) is 1.10. The zero-order valence-corrected chi connectivity index (χ0v) is 11.3. The van der Waals surface area contributed by atoms with Gasteiger partial charge in [-0.05, 0) is 39.8 Å². The van der Waals surface area contributed by atoms with E-state index < -0.39 is 11.4 Å². The topological polar surface area (TPSA) is 59.2 Å². The number of nitriles is 1. The van der Waals surface area contributed by atoms with Crippen molar-refractivity contribution < 1.29 is 4.55 Å². The van der Waals surface area contributed by atoms with Gasteiger partial charge in [0.25, 0.3) is 0 Å². The van der Waals surface area contributed by atoms with E-state index in [1.54, 1.807) is 12.1 Å². The Bertz CT molecular complexity index is 452. The molecule has 0 saturated carbocycles. The highest BCUT2D eigenvalue weighted by Crippen LogP contribution is 2.18. The van der Waals surface area contributed by atoms with Crippen LogP contribution in [0.25, 0.3) is 0 Å². The monoisotopic (exact) mass is 248 g/mol. The molecule has 0 fully saturated rings. The fraction of sp³-hybridized carbons (Fsp3) is 0.385. The highest BCUT2D eigenvalue weighted by molar-refractivity contribution is 7.91. The molecular weight excluding hydrogens is 232 g/mol. The first-order valence-corrected chi connectivity index (χ1v) is 6.43. The van der Waals surface area contributed by atoms with Crippen molar-refractivity contribution in [2.75, 3.05) is 0 Å². The third-order valence-electron chi connectivity index (χ3n) is 2.18. The molecule has 4 heteroatoms. The Balaban J connectivity index is 2.93.